The van der Waals surface area contributed by atoms with Crippen molar-refractivity contribution in [1.82, 2.24) is 9.88 Å². The number of hydrogen-bond acceptors (Lipinski definition) is 5. The van der Waals surface area contributed by atoms with Crippen molar-refractivity contribution in [2.24, 2.45) is 0 Å². The summed E-state index contributed by atoms with van der Waals surface area (Å²) >= 11 is 0. The summed E-state index contributed by atoms with van der Waals surface area (Å²) in [5.74, 6) is -0.920. The highest BCUT2D eigenvalue weighted by Gasteiger charge is 2.45. The van der Waals surface area contributed by atoms with Gasteiger partial charge in [-0.15, -0.1) is 0 Å². The maximum absolute atomic E-state index is 12.9. The van der Waals surface area contributed by atoms with Gasteiger partial charge in [0.15, 0.2) is 0 Å². The van der Waals surface area contributed by atoms with E-state index in [2.05, 4.69) is 4.98 Å². The van der Waals surface area contributed by atoms with Crippen molar-refractivity contribution in [3.8, 4) is 5.75 Å². The van der Waals surface area contributed by atoms with Gasteiger partial charge in [-0.1, -0.05) is 12.1 Å². The van der Waals surface area contributed by atoms with E-state index in [9.17, 15) is 14.7 Å². The second kappa shape index (κ2) is 8.87. The van der Waals surface area contributed by atoms with Crippen LogP contribution in [0.3, 0.4) is 0 Å². The van der Waals surface area contributed by atoms with Crippen LogP contribution in [0.1, 0.15) is 23.6 Å². The van der Waals surface area contributed by atoms with Gasteiger partial charge in [0, 0.05) is 30.9 Å². The second-order valence-corrected chi connectivity index (χ2v) is 7.32. The zero-order valence-corrected chi connectivity index (χ0v) is 16.9. The number of pyridine rings is 1. The van der Waals surface area contributed by atoms with Gasteiger partial charge in [0.25, 0.3) is 11.7 Å². The highest BCUT2D eigenvalue weighted by molar-refractivity contribution is 6.46. The Hall–Kier alpha value is -3.19. The van der Waals surface area contributed by atoms with Crippen molar-refractivity contribution < 1.29 is 24.3 Å². The van der Waals surface area contributed by atoms with Gasteiger partial charge in [-0.3, -0.25) is 14.6 Å². The van der Waals surface area contributed by atoms with E-state index in [1.54, 1.807) is 53.7 Å². The van der Waals surface area contributed by atoms with E-state index in [0.717, 1.165) is 18.5 Å². The summed E-state index contributed by atoms with van der Waals surface area (Å²) in [6.07, 6.45) is 3.98. The number of ketones is 1. The molecular weight excluding hydrogens is 370 g/mol. The molecular formula is C22H26N3O4+. The second-order valence-electron chi connectivity index (χ2n) is 7.32. The molecule has 1 atom stereocenters. The van der Waals surface area contributed by atoms with Crippen LogP contribution in [0.4, 0.5) is 0 Å². The molecule has 3 rings (SSSR count). The van der Waals surface area contributed by atoms with Crippen LogP contribution < -0.4 is 9.64 Å². The fraction of sp³-hybridized carbons (Fsp3) is 0.318. The summed E-state index contributed by atoms with van der Waals surface area (Å²) in [5.41, 5.74) is 1.26. The molecule has 1 amide bonds. The minimum Gasteiger partial charge on any atom is -0.507 e. The Balaban J connectivity index is 2.07. The summed E-state index contributed by atoms with van der Waals surface area (Å²) in [4.78, 5) is 32.6. The van der Waals surface area contributed by atoms with Crippen molar-refractivity contribution in [1.29, 1.82) is 0 Å². The van der Waals surface area contributed by atoms with E-state index in [1.165, 1.54) is 12.0 Å². The van der Waals surface area contributed by atoms with Gasteiger partial charge in [-0.2, -0.15) is 0 Å². The molecule has 1 saturated heterocycles. The van der Waals surface area contributed by atoms with E-state index < -0.39 is 17.7 Å². The number of quaternary nitrogens is 1. The number of hydrogen-bond donors (Lipinski definition) is 2. The minimum absolute atomic E-state index is 0.0895. The molecule has 1 aliphatic heterocycles. The van der Waals surface area contributed by atoms with Gasteiger partial charge in [0.2, 0.25) is 0 Å². The predicted octanol–water partition coefficient (Wildman–Crippen LogP) is 1.05. The Bertz CT molecular complexity index is 925. The zero-order valence-electron chi connectivity index (χ0n) is 16.9. The van der Waals surface area contributed by atoms with Gasteiger partial charge >= 0.3 is 0 Å². The number of aromatic nitrogens is 1. The summed E-state index contributed by atoms with van der Waals surface area (Å²) < 4.78 is 5.22. The Kier molecular flexibility index (Phi) is 6.29. The average molecular weight is 396 g/mol. The molecule has 7 nitrogen and oxygen atoms in total. The lowest BCUT2D eigenvalue weighted by Gasteiger charge is -2.25. The summed E-state index contributed by atoms with van der Waals surface area (Å²) in [7, 11) is 5.61. The first-order chi connectivity index (χ1) is 13.9. The molecule has 0 bridgehead atoms. The first kappa shape index (κ1) is 20.5. The van der Waals surface area contributed by atoms with Gasteiger partial charge in [-0.25, -0.2) is 0 Å². The molecule has 0 radical (unpaired) electrons. The topological polar surface area (TPSA) is 84.2 Å². The number of carbonyl (C=O) groups excluding carboxylic acids is 2. The number of methoxy groups -OCH3 is 1. The molecule has 7 heteroatoms. The van der Waals surface area contributed by atoms with Crippen LogP contribution in [0.2, 0.25) is 0 Å². The monoisotopic (exact) mass is 396 g/mol. The lowest BCUT2D eigenvalue weighted by atomic mass is 9.96. The van der Waals surface area contributed by atoms with E-state index in [0.29, 0.717) is 17.9 Å². The maximum atomic E-state index is 12.9. The van der Waals surface area contributed by atoms with E-state index in [4.69, 9.17) is 4.74 Å². The van der Waals surface area contributed by atoms with Crippen molar-refractivity contribution >= 4 is 17.4 Å². The number of amides is 1. The normalized spacial score (nSPS) is 18.5. The molecule has 1 fully saturated rings. The number of ether oxygens (including phenoxy) is 1. The molecule has 2 aromatic rings. The van der Waals surface area contributed by atoms with Crippen LogP contribution in [0.15, 0.2) is 54.4 Å². The maximum Gasteiger partial charge on any atom is 0.295 e. The molecule has 1 aromatic heterocycles. The van der Waals surface area contributed by atoms with E-state index in [1.807, 2.05) is 14.1 Å². The standard InChI is InChI=1S/C22H25N3O4/c1-24(2)12-5-13-25-19(15-8-10-23-11-9-15)18(21(27)22(25)28)20(26)16-6-4-7-17(14-16)29-3/h4,6-11,14,19,26H,5,12-13H2,1-3H3/p+1/b20-18+/t19-/m1/s1. The fourth-order valence-electron chi connectivity index (χ4n) is 3.53. The largest absolute Gasteiger partial charge is 0.507 e. The number of rotatable bonds is 7. The van der Waals surface area contributed by atoms with E-state index >= 15 is 0 Å². The molecule has 152 valence electrons. The number of aliphatic hydroxyl groups is 1. The van der Waals surface area contributed by atoms with Crippen LogP contribution in [0.25, 0.3) is 5.76 Å². The van der Waals surface area contributed by atoms with Crippen molar-refractivity contribution in [3.05, 3.63) is 65.5 Å². The molecule has 0 saturated carbocycles. The quantitative estimate of drug-likeness (QED) is 0.415. The smallest absolute Gasteiger partial charge is 0.295 e. The van der Waals surface area contributed by atoms with Crippen molar-refractivity contribution in [2.45, 2.75) is 12.5 Å². The third-order valence-corrected chi connectivity index (χ3v) is 4.98. The number of aliphatic hydroxyl groups excluding tert-OH is 1. The van der Waals surface area contributed by atoms with Gasteiger partial charge in [0.1, 0.15) is 11.5 Å². The molecule has 0 spiro atoms. The number of nitrogens with one attached hydrogen (secondary N) is 1. The average Bonchev–Trinajstić information content (AvgIpc) is 2.98. The zero-order chi connectivity index (χ0) is 21.0. The number of Topliss-reactive ketones (excluding diaryl/α,β-unsaturated/α-hetero) is 1. The molecule has 1 aliphatic rings. The van der Waals surface area contributed by atoms with Crippen molar-refractivity contribution in [3.63, 3.8) is 0 Å². The molecule has 1 aromatic carbocycles. The van der Waals surface area contributed by atoms with Crippen LogP contribution in [-0.4, -0.2) is 61.0 Å². The number of nitrogens with zero attached hydrogens (tertiary/aromatic N) is 2. The van der Waals surface area contributed by atoms with Crippen LogP contribution in [0.5, 0.6) is 5.75 Å². The number of carbonyl (C=O) groups is 2. The third kappa shape index (κ3) is 4.30. The Morgan fingerprint density at radius 2 is 1.93 bits per heavy atom. The lowest BCUT2D eigenvalue weighted by Crippen LogP contribution is -3.05. The van der Waals surface area contributed by atoms with Crippen LogP contribution in [0, 0.1) is 0 Å². The summed E-state index contributed by atoms with van der Waals surface area (Å²) in [6.45, 7) is 1.29. The SMILES string of the molecule is COc1cccc(/C(O)=C2\C(=O)C(=O)N(CCC[NH+](C)C)[C@@H]2c2ccncc2)c1. The van der Waals surface area contributed by atoms with Crippen LogP contribution >= 0.6 is 0 Å². The van der Waals surface area contributed by atoms with E-state index in [-0.39, 0.29) is 11.3 Å². The summed E-state index contributed by atoms with van der Waals surface area (Å²) in [5, 5.41) is 11.0. The highest BCUT2D eigenvalue weighted by atomic mass is 16.5. The van der Waals surface area contributed by atoms with Crippen molar-refractivity contribution in [2.75, 3.05) is 34.3 Å². The van der Waals surface area contributed by atoms with Crippen LogP contribution in [-0.2, 0) is 9.59 Å². The summed E-state index contributed by atoms with van der Waals surface area (Å²) in [6, 6.07) is 9.68. The minimum atomic E-state index is -0.677. The van der Waals surface area contributed by atoms with Gasteiger partial charge in [-0.05, 0) is 29.8 Å². The molecule has 0 unspecified atom stereocenters. The molecule has 29 heavy (non-hydrogen) atoms. The first-order valence-electron chi connectivity index (χ1n) is 9.55. The predicted molar refractivity (Wildman–Crippen MR) is 109 cm³/mol. The third-order valence-electron chi connectivity index (χ3n) is 4.98. The molecule has 2 N–H and O–H groups in total. The molecule has 0 aliphatic carbocycles. The Morgan fingerprint density at radius 1 is 1.21 bits per heavy atom. The Labute approximate surface area is 170 Å². The van der Waals surface area contributed by atoms with Gasteiger partial charge in [0.05, 0.1) is 39.4 Å². The highest BCUT2D eigenvalue weighted by Crippen LogP contribution is 2.39. The number of benzene rings is 1. The Morgan fingerprint density at radius 3 is 2.59 bits per heavy atom. The molecule has 2 heterocycles. The number of likely N-dealkylation sites (tertiary alicyclic amines) is 1. The fourth-order valence-corrected chi connectivity index (χ4v) is 3.53. The van der Waals surface area contributed by atoms with Gasteiger partial charge < -0.3 is 19.6 Å². The lowest BCUT2D eigenvalue weighted by molar-refractivity contribution is -0.858. The first-order valence-corrected chi connectivity index (χ1v) is 9.55.